The third-order valence-electron chi connectivity index (χ3n) is 6.78. The minimum Gasteiger partial charge on any atom is -0.464 e. The van der Waals surface area contributed by atoms with Crippen molar-refractivity contribution in [1.82, 2.24) is 4.90 Å². The van der Waals surface area contributed by atoms with Gasteiger partial charge in [-0.25, -0.2) is 0 Å². The SMILES string of the molecule is C=CC(O)(CC=C[C@H]1C(O)CC(=O)[C@@H]1CC=CCCCC(=O)OCCN(CC)CC)CCCC. The third kappa shape index (κ3) is 11.1. The molecule has 2 unspecified atom stereocenters. The van der Waals surface area contributed by atoms with E-state index in [2.05, 4.69) is 32.3 Å². The summed E-state index contributed by atoms with van der Waals surface area (Å²) in [5.74, 6) is -0.579. The molecule has 0 spiro atoms. The summed E-state index contributed by atoms with van der Waals surface area (Å²) in [7, 11) is 0. The van der Waals surface area contributed by atoms with Crippen LogP contribution in [0.3, 0.4) is 0 Å². The quantitative estimate of drug-likeness (QED) is 0.170. The first-order valence-corrected chi connectivity index (χ1v) is 13.1. The molecule has 1 aliphatic carbocycles. The van der Waals surface area contributed by atoms with E-state index in [1.807, 2.05) is 24.3 Å². The largest absolute Gasteiger partial charge is 0.464 e. The van der Waals surface area contributed by atoms with Crippen LogP contribution in [0.2, 0.25) is 0 Å². The van der Waals surface area contributed by atoms with Gasteiger partial charge >= 0.3 is 5.97 Å². The average molecular weight is 478 g/mol. The normalized spacial score (nSPS) is 22.6. The van der Waals surface area contributed by atoms with Gasteiger partial charge in [-0.05, 0) is 45.2 Å². The summed E-state index contributed by atoms with van der Waals surface area (Å²) in [6.45, 7) is 13.1. The van der Waals surface area contributed by atoms with Gasteiger partial charge in [0.1, 0.15) is 12.4 Å². The molecule has 1 fully saturated rings. The van der Waals surface area contributed by atoms with E-state index in [4.69, 9.17) is 4.74 Å². The Balaban J connectivity index is 2.41. The molecule has 0 amide bonds. The molecule has 2 N–H and O–H groups in total. The number of Topliss-reactive ketones (excluding diaryl/α,β-unsaturated/α-hetero) is 1. The number of unbranched alkanes of at least 4 members (excludes halogenated alkanes) is 2. The highest BCUT2D eigenvalue weighted by Gasteiger charge is 2.39. The molecule has 0 bridgehead atoms. The number of ketones is 1. The Morgan fingerprint density at radius 1 is 1.21 bits per heavy atom. The monoisotopic (exact) mass is 477 g/mol. The molecular weight excluding hydrogens is 430 g/mol. The number of likely N-dealkylation sites (N-methyl/N-ethyl adjacent to an activating group) is 1. The van der Waals surface area contributed by atoms with E-state index in [1.165, 1.54) is 0 Å². The van der Waals surface area contributed by atoms with Crippen LogP contribution in [0, 0.1) is 11.8 Å². The first kappa shape index (κ1) is 30.3. The second kappa shape index (κ2) is 16.8. The molecule has 0 aliphatic heterocycles. The summed E-state index contributed by atoms with van der Waals surface area (Å²) in [6, 6.07) is 0. The van der Waals surface area contributed by atoms with E-state index in [0.29, 0.717) is 38.7 Å². The summed E-state index contributed by atoms with van der Waals surface area (Å²) < 4.78 is 5.29. The van der Waals surface area contributed by atoms with Gasteiger partial charge in [-0.1, -0.05) is 64.0 Å². The van der Waals surface area contributed by atoms with E-state index in [0.717, 1.165) is 38.9 Å². The van der Waals surface area contributed by atoms with Gasteiger partial charge in [-0.2, -0.15) is 0 Å². The maximum absolute atomic E-state index is 12.4. The molecule has 0 aromatic heterocycles. The molecule has 1 saturated carbocycles. The molecular formula is C28H47NO5. The number of hydrogen-bond donors (Lipinski definition) is 2. The van der Waals surface area contributed by atoms with Crippen LogP contribution in [0.1, 0.15) is 78.6 Å². The molecule has 1 rings (SSSR count). The Labute approximate surface area is 206 Å². The highest BCUT2D eigenvalue weighted by Crippen LogP contribution is 2.34. The lowest BCUT2D eigenvalue weighted by atomic mass is 9.88. The minimum atomic E-state index is -0.942. The van der Waals surface area contributed by atoms with Crippen LogP contribution in [0.15, 0.2) is 37.0 Å². The molecule has 0 aromatic rings. The van der Waals surface area contributed by atoms with Gasteiger partial charge in [-0.15, -0.1) is 6.58 Å². The van der Waals surface area contributed by atoms with Crippen LogP contribution in [-0.2, 0) is 14.3 Å². The Bertz CT molecular complexity index is 670. The van der Waals surface area contributed by atoms with Crippen molar-refractivity contribution in [2.45, 2.75) is 90.3 Å². The summed E-state index contributed by atoms with van der Waals surface area (Å²) in [6.07, 6.45) is 14.3. The number of rotatable bonds is 18. The highest BCUT2D eigenvalue weighted by atomic mass is 16.5. The van der Waals surface area contributed by atoms with Crippen molar-refractivity contribution in [3.05, 3.63) is 37.0 Å². The first-order valence-electron chi connectivity index (χ1n) is 13.1. The molecule has 6 heteroatoms. The summed E-state index contributed by atoms with van der Waals surface area (Å²) in [5.41, 5.74) is -0.942. The zero-order valence-corrected chi connectivity index (χ0v) is 21.6. The van der Waals surface area contributed by atoms with Gasteiger partial charge in [-0.3, -0.25) is 9.59 Å². The Morgan fingerprint density at radius 2 is 1.94 bits per heavy atom. The molecule has 0 radical (unpaired) electrons. The maximum atomic E-state index is 12.4. The van der Waals surface area contributed by atoms with Crippen molar-refractivity contribution >= 4 is 11.8 Å². The van der Waals surface area contributed by atoms with Gasteiger partial charge in [0, 0.05) is 31.2 Å². The zero-order valence-electron chi connectivity index (χ0n) is 21.6. The number of hydrogen-bond acceptors (Lipinski definition) is 6. The van der Waals surface area contributed by atoms with Crippen molar-refractivity contribution in [3.8, 4) is 0 Å². The molecule has 4 atom stereocenters. The number of carbonyl (C=O) groups excluding carboxylic acids is 2. The van der Waals surface area contributed by atoms with Crippen molar-refractivity contribution < 1.29 is 24.5 Å². The molecule has 6 nitrogen and oxygen atoms in total. The van der Waals surface area contributed by atoms with E-state index >= 15 is 0 Å². The molecule has 0 aromatic carbocycles. The Morgan fingerprint density at radius 3 is 2.59 bits per heavy atom. The lowest BCUT2D eigenvalue weighted by molar-refractivity contribution is -0.144. The minimum absolute atomic E-state index is 0.0774. The van der Waals surface area contributed by atoms with Gasteiger partial charge in [0.25, 0.3) is 0 Å². The topological polar surface area (TPSA) is 87.1 Å². The molecule has 34 heavy (non-hydrogen) atoms. The Kier molecular flexibility index (Phi) is 15.0. The summed E-state index contributed by atoms with van der Waals surface area (Å²) in [4.78, 5) is 26.5. The van der Waals surface area contributed by atoms with Crippen LogP contribution in [-0.4, -0.2) is 64.8 Å². The molecule has 0 heterocycles. The predicted octanol–water partition coefficient (Wildman–Crippen LogP) is 4.61. The fraction of sp³-hybridized carbons (Fsp3) is 0.714. The van der Waals surface area contributed by atoms with Gasteiger partial charge in [0.15, 0.2) is 0 Å². The number of aliphatic hydroxyl groups is 2. The van der Waals surface area contributed by atoms with Gasteiger partial charge in [0.2, 0.25) is 0 Å². The molecule has 1 aliphatic rings. The van der Waals surface area contributed by atoms with E-state index in [1.54, 1.807) is 6.08 Å². The van der Waals surface area contributed by atoms with Crippen molar-refractivity contribution in [2.24, 2.45) is 11.8 Å². The number of carbonyl (C=O) groups is 2. The molecule has 0 saturated heterocycles. The third-order valence-corrected chi connectivity index (χ3v) is 6.78. The van der Waals surface area contributed by atoms with Gasteiger partial charge < -0.3 is 19.8 Å². The van der Waals surface area contributed by atoms with Crippen LogP contribution >= 0.6 is 0 Å². The zero-order chi connectivity index (χ0) is 25.4. The standard InChI is InChI=1S/C28H47NO5/c1-5-9-18-28(33,6-2)19-14-16-24-23(25(30)22-26(24)31)15-12-10-11-13-17-27(32)34-21-20-29(7-3)8-4/h6,10,12,14,16,23-24,26,31,33H,2,5,7-9,11,13,15,17-22H2,1,3-4H3/t23-,24-,26?,28?/m1/s1. The lowest BCUT2D eigenvalue weighted by Crippen LogP contribution is -2.27. The number of ether oxygens (including phenoxy) is 1. The van der Waals surface area contributed by atoms with Gasteiger partial charge in [0.05, 0.1) is 11.7 Å². The van der Waals surface area contributed by atoms with Crippen molar-refractivity contribution in [1.29, 1.82) is 0 Å². The number of allylic oxidation sites excluding steroid dienone is 2. The van der Waals surface area contributed by atoms with Crippen molar-refractivity contribution in [2.75, 3.05) is 26.2 Å². The number of esters is 1. The Hall–Kier alpha value is -1.76. The second-order valence-electron chi connectivity index (χ2n) is 9.31. The van der Waals surface area contributed by atoms with Crippen LogP contribution in [0.25, 0.3) is 0 Å². The van der Waals surface area contributed by atoms with Crippen LogP contribution in [0.4, 0.5) is 0 Å². The fourth-order valence-electron chi connectivity index (χ4n) is 4.35. The van der Waals surface area contributed by atoms with E-state index < -0.39 is 11.7 Å². The lowest BCUT2D eigenvalue weighted by Gasteiger charge is -2.23. The molecule has 194 valence electrons. The summed E-state index contributed by atoms with van der Waals surface area (Å²) >= 11 is 0. The first-order chi connectivity index (χ1) is 16.3. The smallest absolute Gasteiger partial charge is 0.305 e. The number of aliphatic hydroxyl groups excluding tert-OH is 1. The van der Waals surface area contributed by atoms with Crippen LogP contribution < -0.4 is 0 Å². The second-order valence-corrected chi connectivity index (χ2v) is 9.31. The maximum Gasteiger partial charge on any atom is 0.305 e. The van der Waals surface area contributed by atoms with Crippen LogP contribution in [0.5, 0.6) is 0 Å². The summed E-state index contributed by atoms with van der Waals surface area (Å²) in [5, 5.41) is 21.0. The number of nitrogens with zero attached hydrogens (tertiary/aromatic N) is 1. The van der Waals surface area contributed by atoms with Crippen molar-refractivity contribution in [3.63, 3.8) is 0 Å². The highest BCUT2D eigenvalue weighted by molar-refractivity contribution is 5.84. The van der Waals surface area contributed by atoms with E-state index in [-0.39, 0.29) is 30.0 Å². The fourth-order valence-corrected chi connectivity index (χ4v) is 4.35. The average Bonchev–Trinajstić information content (AvgIpc) is 3.09. The van der Waals surface area contributed by atoms with E-state index in [9.17, 15) is 19.8 Å². The predicted molar refractivity (Wildman–Crippen MR) is 137 cm³/mol.